The van der Waals surface area contributed by atoms with Gasteiger partial charge < -0.3 is 25.8 Å². The zero-order valence-electron chi connectivity index (χ0n) is 14.3. The van der Waals surface area contributed by atoms with E-state index in [-0.39, 0.29) is 6.54 Å². The molecule has 0 radical (unpaired) electrons. The molecule has 0 fully saturated rings. The molecule has 10 heteroatoms. The van der Waals surface area contributed by atoms with Crippen molar-refractivity contribution in [2.75, 3.05) is 25.1 Å². The Kier molecular flexibility index (Phi) is 9.86. The largest absolute Gasteiger partial charge is 0.480 e. The zero-order valence-corrected chi connectivity index (χ0v) is 15.1. The smallest absolute Gasteiger partial charge is 0.408 e. The molecule has 0 aromatic carbocycles. The molecular formula is C14H25N3O6S. The number of alkyl carbamates (subject to hydrolysis) is 1. The number of nitrogens with one attached hydrogen (secondary N) is 3. The molecule has 0 heterocycles. The van der Waals surface area contributed by atoms with E-state index in [1.54, 1.807) is 20.8 Å². The van der Waals surface area contributed by atoms with Crippen molar-refractivity contribution in [2.45, 2.75) is 38.8 Å². The predicted octanol–water partition coefficient (Wildman–Crippen LogP) is -0.0502. The lowest BCUT2D eigenvalue weighted by Crippen LogP contribution is -2.50. The Morgan fingerprint density at radius 1 is 1.12 bits per heavy atom. The third-order valence-corrected chi connectivity index (χ3v) is 3.11. The van der Waals surface area contributed by atoms with Crippen LogP contribution >= 0.6 is 11.8 Å². The first-order valence-corrected chi connectivity index (χ1v) is 8.69. The van der Waals surface area contributed by atoms with E-state index in [1.165, 1.54) is 11.8 Å². The summed E-state index contributed by atoms with van der Waals surface area (Å²) < 4.78 is 4.99. The third kappa shape index (κ3) is 11.6. The second kappa shape index (κ2) is 10.7. The van der Waals surface area contributed by atoms with Crippen LogP contribution in [0.5, 0.6) is 0 Å². The van der Waals surface area contributed by atoms with Crippen LogP contribution in [-0.4, -0.2) is 65.7 Å². The summed E-state index contributed by atoms with van der Waals surface area (Å²) in [4.78, 5) is 45.7. The highest BCUT2D eigenvalue weighted by atomic mass is 32.2. The van der Waals surface area contributed by atoms with Crippen molar-refractivity contribution in [3.05, 3.63) is 0 Å². The van der Waals surface area contributed by atoms with Crippen molar-refractivity contribution in [3.63, 3.8) is 0 Å². The summed E-state index contributed by atoms with van der Waals surface area (Å²) in [5, 5.41) is 15.5. The van der Waals surface area contributed by atoms with Gasteiger partial charge in [-0.15, -0.1) is 0 Å². The van der Waals surface area contributed by atoms with Crippen molar-refractivity contribution < 1.29 is 29.0 Å². The van der Waals surface area contributed by atoms with Crippen molar-refractivity contribution in [1.82, 2.24) is 16.0 Å². The van der Waals surface area contributed by atoms with E-state index in [0.717, 1.165) is 0 Å². The Balaban J connectivity index is 4.45. The van der Waals surface area contributed by atoms with Crippen LogP contribution in [-0.2, 0) is 19.1 Å². The fourth-order valence-electron chi connectivity index (χ4n) is 1.50. The normalized spacial score (nSPS) is 12.0. The second-order valence-corrected chi connectivity index (χ2v) is 6.85. The molecule has 0 saturated carbocycles. The van der Waals surface area contributed by atoms with Gasteiger partial charge >= 0.3 is 12.1 Å². The molecule has 138 valence electrons. The molecule has 0 aliphatic heterocycles. The molecule has 0 rings (SSSR count). The number of ether oxygens (including phenoxy) is 1. The molecule has 9 nitrogen and oxygen atoms in total. The Labute approximate surface area is 145 Å². The van der Waals surface area contributed by atoms with Crippen LogP contribution < -0.4 is 16.0 Å². The van der Waals surface area contributed by atoms with Gasteiger partial charge in [-0.25, -0.2) is 4.79 Å². The molecule has 0 saturated heterocycles. The van der Waals surface area contributed by atoms with Gasteiger partial charge in [0.15, 0.2) is 0 Å². The minimum absolute atomic E-state index is 0.338. The van der Waals surface area contributed by atoms with E-state index in [9.17, 15) is 19.2 Å². The first kappa shape index (κ1) is 22.0. The topological polar surface area (TPSA) is 134 Å². The van der Waals surface area contributed by atoms with E-state index < -0.39 is 42.1 Å². The molecule has 0 unspecified atom stereocenters. The molecule has 1 atom stereocenters. The Morgan fingerprint density at radius 2 is 1.75 bits per heavy atom. The molecular weight excluding hydrogens is 338 g/mol. The van der Waals surface area contributed by atoms with Gasteiger partial charge in [0.05, 0.1) is 0 Å². The molecule has 0 aromatic heterocycles. The molecule has 3 amide bonds. The number of aliphatic carboxylic acids is 1. The predicted molar refractivity (Wildman–Crippen MR) is 89.8 cm³/mol. The van der Waals surface area contributed by atoms with Crippen LogP contribution in [0.1, 0.15) is 27.2 Å². The van der Waals surface area contributed by atoms with Crippen LogP contribution in [0.3, 0.4) is 0 Å². The zero-order chi connectivity index (χ0) is 18.8. The summed E-state index contributed by atoms with van der Waals surface area (Å²) in [6, 6.07) is -0.871. The van der Waals surface area contributed by atoms with Gasteiger partial charge in [0.2, 0.25) is 11.8 Å². The molecule has 0 aromatic rings. The number of hydrogen-bond donors (Lipinski definition) is 4. The number of carbonyl (C=O) groups is 4. The standard InChI is InChI=1S/C14H25N3O6S/c1-14(2,3)23-13(22)16-7-10(18)17-9(5-6-24-4)12(21)15-8-11(19)20/h9H,5-8H2,1-4H3,(H,15,21)(H,16,22)(H,17,18)(H,19,20)/t9-/m1/s1. The highest BCUT2D eigenvalue weighted by molar-refractivity contribution is 7.98. The number of hydrogen-bond acceptors (Lipinski definition) is 6. The Bertz CT molecular complexity index is 464. The molecule has 0 aliphatic carbocycles. The summed E-state index contributed by atoms with van der Waals surface area (Å²) in [5.74, 6) is -1.73. The number of rotatable bonds is 9. The lowest BCUT2D eigenvalue weighted by molar-refractivity contribution is -0.138. The maximum atomic E-state index is 11.9. The SMILES string of the molecule is CSCC[C@@H](NC(=O)CNC(=O)OC(C)(C)C)C(=O)NCC(=O)O. The highest BCUT2D eigenvalue weighted by Crippen LogP contribution is 2.06. The number of thioether (sulfide) groups is 1. The van der Waals surface area contributed by atoms with E-state index >= 15 is 0 Å². The number of carboxylic acids is 1. The van der Waals surface area contributed by atoms with E-state index in [2.05, 4.69) is 16.0 Å². The van der Waals surface area contributed by atoms with Gasteiger partial charge in [-0.2, -0.15) is 11.8 Å². The van der Waals surface area contributed by atoms with Gasteiger partial charge in [0.25, 0.3) is 0 Å². The minimum Gasteiger partial charge on any atom is -0.480 e. The summed E-state index contributed by atoms with van der Waals surface area (Å²) in [5.41, 5.74) is -0.682. The monoisotopic (exact) mass is 363 g/mol. The molecule has 0 spiro atoms. The molecule has 24 heavy (non-hydrogen) atoms. The lowest BCUT2D eigenvalue weighted by Gasteiger charge is -2.20. The lowest BCUT2D eigenvalue weighted by atomic mass is 10.2. The molecule has 0 bridgehead atoms. The van der Waals surface area contributed by atoms with Gasteiger partial charge in [-0.3, -0.25) is 14.4 Å². The Morgan fingerprint density at radius 3 is 2.25 bits per heavy atom. The number of carbonyl (C=O) groups excluding carboxylic acids is 3. The maximum Gasteiger partial charge on any atom is 0.408 e. The fraction of sp³-hybridized carbons (Fsp3) is 0.714. The summed E-state index contributed by atoms with van der Waals surface area (Å²) >= 11 is 1.49. The molecule has 0 aliphatic rings. The third-order valence-electron chi connectivity index (χ3n) is 2.47. The first-order valence-electron chi connectivity index (χ1n) is 7.30. The van der Waals surface area contributed by atoms with Gasteiger partial charge in [-0.05, 0) is 39.2 Å². The average Bonchev–Trinajstić information content (AvgIpc) is 2.45. The van der Waals surface area contributed by atoms with Crippen LogP contribution in [0, 0.1) is 0 Å². The van der Waals surface area contributed by atoms with Crippen molar-refractivity contribution in [1.29, 1.82) is 0 Å². The van der Waals surface area contributed by atoms with Crippen molar-refractivity contribution >= 4 is 35.6 Å². The quantitative estimate of drug-likeness (QED) is 0.451. The van der Waals surface area contributed by atoms with Crippen LogP contribution in [0.2, 0.25) is 0 Å². The first-order chi connectivity index (χ1) is 11.0. The summed E-state index contributed by atoms with van der Waals surface area (Å²) in [6.45, 7) is 4.20. The molecule has 4 N–H and O–H groups in total. The average molecular weight is 363 g/mol. The maximum absolute atomic E-state index is 11.9. The van der Waals surface area contributed by atoms with Gasteiger partial charge in [-0.1, -0.05) is 0 Å². The van der Waals surface area contributed by atoms with Crippen LogP contribution in [0.15, 0.2) is 0 Å². The summed E-state index contributed by atoms with van der Waals surface area (Å²) in [7, 11) is 0. The van der Waals surface area contributed by atoms with Crippen molar-refractivity contribution in [2.24, 2.45) is 0 Å². The van der Waals surface area contributed by atoms with Gasteiger partial charge in [0.1, 0.15) is 24.7 Å². The Hall–Kier alpha value is -1.97. The second-order valence-electron chi connectivity index (χ2n) is 5.87. The van der Waals surface area contributed by atoms with Crippen LogP contribution in [0.25, 0.3) is 0 Å². The fourth-order valence-corrected chi connectivity index (χ4v) is 1.97. The van der Waals surface area contributed by atoms with Gasteiger partial charge in [0, 0.05) is 0 Å². The van der Waals surface area contributed by atoms with E-state index in [4.69, 9.17) is 9.84 Å². The van der Waals surface area contributed by atoms with E-state index in [1.807, 2.05) is 6.26 Å². The minimum atomic E-state index is -1.18. The van der Waals surface area contributed by atoms with Crippen molar-refractivity contribution in [3.8, 4) is 0 Å². The number of amides is 3. The van der Waals surface area contributed by atoms with E-state index in [0.29, 0.717) is 12.2 Å². The highest BCUT2D eigenvalue weighted by Gasteiger charge is 2.22. The number of carboxylic acid groups (broad SMARTS) is 1. The summed E-state index contributed by atoms with van der Waals surface area (Å²) in [6.07, 6.45) is 1.44. The van der Waals surface area contributed by atoms with Crippen LogP contribution in [0.4, 0.5) is 4.79 Å².